The lowest BCUT2D eigenvalue weighted by Crippen LogP contribution is -2.10. The molecule has 0 aliphatic heterocycles. The summed E-state index contributed by atoms with van der Waals surface area (Å²) in [6.45, 7) is 0. The standard InChI is InChI=1S/C9H8N4O4/c1-16-8(14)6-3-5(12-13-10)4-7(11-6)9(15)17-2/h3-4H,1-2H3. The van der Waals surface area contributed by atoms with Crippen LogP contribution in [-0.4, -0.2) is 31.1 Å². The number of methoxy groups -OCH3 is 2. The predicted octanol–water partition coefficient (Wildman–Crippen LogP) is 1.60. The Balaban J connectivity index is 3.32. The molecule has 17 heavy (non-hydrogen) atoms. The van der Waals surface area contributed by atoms with Crippen LogP contribution in [0.2, 0.25) is 0 Å². The van der Waals surface area contributed by atoms with Gasteiger partial charge in [-0.1, -0.05) is 5.11 Å². The molecule has 0 spiro atoms. The number of hydrogen-bond donors (Lipinski definition) is 0. The molecule has 0 N–H and O–H groups in total. The number of esters is 2. The lowest BCUT2D eigenvalue weighted by atomic mass is 10.2. The molecule has 0 aromatic carbocycles. The van der Waals surface area contributed by atoms with Gasteiger partial charge in [0.2, 0.25) is 0 Å². The van der Waals surface area contributed by atoms with Crippen molar-refractivity contribution in [2.24, 2.45) is 5.11 Å². The van der Waals surface area contributed by atoms with Crippen molar-refractivity contribution < 1.29 is 19.1 Å². The molecule has 0 bridgehead atoms. The summed E-state index contributed by atoms with van der Waals surface area (Å²) >= 11 is 0. The second-order valence-corrected chi connectivity index (χ2v) is 2.77. The van der Waals surface area contributed by atoms with Crippen molar-refractivity contribution in [1.29, 1.82) is 0 Å². The van der Waals surface area contributed by atoms with Crippen molar-refractivity contribution >= 4 is 17.6 Å². The molecule has 0 aliphatic rings. The Labute approximate surface area is 95.8 Å². The number of pyridine rings is 1. The zero-order valence-corrected chi connectivity index (χ0v) is 9.08. The molecule has 0 aliphatic carbocycles. The third-order valence-corrected chi connectivity index (χ3v) is 1.76. The Kier molecular flexibility index (Phi) is 4.02. The molecular formula is C9H8N4O4. The van der Waals surface area contributed by atoms with Gasteiger partial charge in [0.1, 0.15) is 11.4 Å². The highest BCUT2D eigenvalue weighted by molar-refractivity contribution is 5.92. The topological polar surface area (TPSA) is 114 Å². The first-order chi connectivity index (χ1) is 8.12. The largest absolute Gasteiger partial charge is 0.464 e. The summed E-state index contributed by atoms with van der Waals surface area (Å²) in [5.41, 5.74) is 8.09. The summed E-state index contributed by atoms with van der Waals surface area (Å²) < 4.78 is 8.90. The minimum atomic E-state index is -0.745. The van der Waals surface area contributed by atoms with Gasteiger partial charge in [-0.15, -0.1) is 0 Å². The van der Waals surface area contributed by atoms with E-state index in [0.29, 0.717) is 0 Å². The zero-order valence-electron chi connectivity index (χ0n) is 9.08. The van der Waals surface area contributed by atoms with Crippen LogP contribution in [0.25, 0.3) is 10.4 Å². The highest BCUT2D eigenvalue weighted by Gasteiger charge is 2.14. The van der Waals surface area contributed by atoms with Crippen molar-refractivity contribution in [3.8, 4) is 0 Å². The second-order valence-electron chi connectivity index (χ2n) is 2.77. The number of carbonyl (C=O) groups excluding carboxylic acids is 2. The van der Waals surface area contributed by atoms with E-state index in [1.807, 2.05) is 0 Å². The Morgan fingerprint density at radius 3 is 2.06 bits per heavy atom. The fourth-order valence-corrected chi connectivity index (χ4v) is 1.04. The molecule has 8 nitrogen and oxygen atoms in total. The van der Waals surface area contributed by atoms with Gasteiger partial charge in [0.25, 0.3) is 0 Å². The maximum Gasteiger partial charge on any atom is 0.356 e. The first-order valence-electron chi connectivity index (χ1n) is 4.36. The first-order valence-corrected chi connectivity index (χ1v) is 4.36. The number of aromatic nitrogens is 1. The maximum atomic E-state index is 11.3. The Bertz CT molecular complexity index is 473. The number of rotatable bonds is 3. The van der Waals surface area contributed by atoms with E-state index in [1.54, 1.807) is 0 Å². The SMILES string of the molecule is COC(=O)c1cc(N=[N+]=[N-])cc(C(=O)OC)n1. The molecule has 0 saturated heterocycles. The molecule has 1 heterocycles. The number of nitrogens with zero attached hydrogens (tertiary/aromatic N) is 4. The Morgan fingerprint density at radius 1 is 1.24 bits per heavy atom. The lowest BCUT2D eigenvalue weighted by molar-refractivity contribution is 0.0586. The molecule has 1 rings (SSSR count). The van der Waals surface area contributed by atoms with Crippen LogP contribution in [0.4, 0.5) is 5.69 Å². The fraction of sp³-hybridized carbons (Fsp3) is 0.222. The smallest absolute Gasteiger partial charge is 0.356 e. The summed E-state index contributed by atoms with van der Waals surface area (Å²) in [6, 6.07) is 2.41. The highest BCUT2D eigenvalue weighted by atomic mass is 16.5. The summed E-state index contributed by atoms with van der Waals surface area (Å²) in [5.74, 6) is -1.49. The molecule has 8 heteroatoms. The van der Waals surface area contributed by atoms with Gasteiger partial charge in [0.05, 0.1) is 14.2 Å². The van der Waals surface area contributed by atoms with Gasteiger partial charge in [0, 0.05) is 10.6 Å². The molecule has 88 valence electrons. The molecule has 1 aromatic heterocycles. The average molecular weight is 236 g/mol. The van der Waals surface area contributed by atoms with Crippen LogP contribution < -0.4 is 0 Å². The molecule has 0 atom stereocenters. The van der Waals surface area contributed by atoms with Gasteiger partial charge < -0.3 is 9.47 Å². The average Bonchev–Trinajstić information content (AvgIpc) is 2.36. The summed E-state index contributed by atoms with van der Waals surface area (Å²) in [6.07, 6.45) is 0. The molecule has 0 saturated carbocycles. The van der Waals surface area contributed by atoms with Crippen molar-refractivity contribution in [1.82, 2.24) is 4.98 Å². The summed E-state index contributed by atoms with van der Waals surface area (Å²) in [4.78, 5) is 28.8. The van der Waals surface area contributed by atoms with Crippen molar-refractivity contribution in [3.05, 3.63) is 34.0 Å². The number of carbonyl (C=O) groups is 2. The van der Waals surface area contributed by atoms with Crippen molar-refractivity contribution in [2.45, 2.75) is 0 Å². The maximum absolute atomic E-state index is 11.3. The van der Waals surface area contributed by atoms with Crippen LogP contribution in [0.3, 0.4) is 0 Å². The van der Waals surface area contributed by atoms with E-state index in [9.17, 15) is 9.59 Å². The van der Waals surface area contributed by atoms with Crippen LogP contribution in [0.5, 0.6) is 0 Å². The minimum Gasteiger partial charge on any atom is -0.464 e. The van der Waals surface area contributed by atoms with E-state index in [1.165, 1.54) is 26.4 Å². The van der Waals surface area contributed by atoms with Crippen LogP contribution in [-0.2, 0) is 9.47 Å². The van der Waals surface area contributed by atoms with Gasteiger partial charge >= 0.3 is 11.9 Å². The first kappa shape index (κ1) is 12.5. The molecule has 0 fully saturated rings. The molecule has 0 unspecified atom stereocenters. The van der Waals surface area contributed by atoms with E-state index in [2.05, 4.69) is 24.5 Å². The third-order valence-electron chi connectivity index (χ3n) is 1.76. The highest BCUT2D eigenvalue weighted by Crippen LogP contribution is 2.16. The van der Waals surface area contributed by atoms with Crippen LogP contribution >= 0.6 is 0 Å². The van der Waals surface area contributed by atoms with Gasteiger partial charge in [-0.25, -0.2) is 14.6 Å². The van der Waals surface area contributed by atoms with E-state index in [0.717, 1.165) is 0 Å². The van der Waals surface area contributed by atoms with Crippen molar-refractivity contribution in [3.63, 3.8) is 0 Å². The lowest BCUT2D eigenvalue weighted by Gasteiger charge is -2.03. The summed E-state index contributed by atoms with van der Waals surface area (Å²) in [5, 5.41) is 3.29. The van der Waals surface area contributed by atoms with E-state index >= 15 is 0 Å². The number of hydrogen-bond acceptors (Lipinski definition) is 6. The number of ether oxygens (including phenoxy) is 2. The van der Waals surface area contributed by atoms with Gasteiger partial charge in [-0.05, 0) is 17.7 Å². The van der Waals surface area contributed by atoms with E-state index < -0.39 is 11.9 Å². The van der Waals surface area contributed by atoms with Crippen molar-refractivity contribution in [2.75, 3.05) is 14.2 Å². The predicted molar refractivity (Wildman–Crippen MR) is 55.7 cm³/mol. The van der Waals surface area contributed by atoms with Gasteiger partial charge in [-0.3, -0.25) is 0 Å². The number of azide groups is 1. The Morgan fingerprint density at radius 2 is 1.71 bits per heavy atom. The molecule has 0 radical (unpaired) electrons. The van der Waals surface area contributed by atoms with Crippen LogP contribution in [0, 0.1) is 0 Å². The minimum absolute atomic E-state index is 0.0725. The van der Waals surface area contributed by atoms with Gasteiger partial charge in [0.15, 0.2) is 0 Å². The van der Waals surface area contributed by atoms with E-state index in [4.69, 9.17) is 5.53 Å². The normalized spacial score (nSPS) is 9.06. The van der Waals surface area contributed by atoms with Crippen LogP contribution in [0.15, 0.2) is 17.2 Å². The zero-order chi connectivity index (χ0) is 12.8. The molecule has 0 amide bonds. The molecular weight excluding hydrogens is 228 g/mol. The quantitative estimate of drug-likeness (QED) is 0.342. The fourth-order valence-electron chi connectivity index (χ4n) is 1.04. The second kappa shape index (κ2) is 5.47. The summed E-state index contributed by atoms with van der Waals surface area (Å²) in [7, 11) is 2.34. The van der Waals surface area contributed by atoms with Gasteiger partial charge in [-0.2, -0.15) is 0 Å². The third kappa shape index (κ3) is 2.93. The Hall–Kier alpha value is -2.60. The van der Waals surface area contributed by atoms with Crippen LogP contribution in [0.1, 0.15) is 21.0 Å². The van der Waals surface area contributed by atoms with E-state index in [-0.39, 0.29) is 17.1 Å². The molecule has 1 aromatic rings. The monoisotopic (exact) mass is 236 g/mol.